The first-order valence-electron chi connectivity index (χ1n) is 14.6. The van der Waals surface area contributed by atoms with Crippen LogP contribution in [0.15, 0.2) is 67.0 Å². The van der Waals surface area contributed by atoms with E-state index in [1.54, 1.807) is 24.5 Å². The molecule has 1 N–H and O–H groups in total. The van der Waals surface area contributed by atoms with Crippen molar-refractivity contribution in [1.29, 1.82) is 0 Å². The molecule has 4 rings (SSSR count). The molecule has 0 aliphatic carbocycles. The molecule has 0 bridgehead atoms. The van der Waals surface area contributed by atoms with E-state index >= 15 is 0 Å². The number of rotatable bonds is 12. The lowest BCUT2D eigenvalue weighted by Gasteiger charge is -2.41. The Balaban J connectivity index is 1.45. The van der Waals surface area contributed by atoms with E-state index in [2.05, 4.69) is 20.9 Å². The van der Waals surface area contributed by atoms with Gasteiger partial charge >= 0.3 is 12.1 Å². The van der Waals surface area contributed by atoms with Crippen LogP contribution in [0.2, 0.25) is 0 Å². The smallest absolute Gasteiger partial charge is 0.421 e. The predicted octanol–water partition coefficient (Wildman–Crippen LogP) is 5.48. The lowest BCUT2D eigenvalue weighted by Crippen LogP contribution is -2.53. The van der Waals surface area contributed by atoms with Crippen molar-refractivity contribution in [3.8, 4) is 11.1 Å². The number of hydrogen-bond acceptors (Lipinski definition) is 7. The summed E-state index contributed by atoms with van der Waals surface area (Å²) in [5.74, 6) is -0.250. The van der Waals surface area contributed by atoms with Crippen molar-refractivity contribution >= 4 is 5.97 Å². The molecule has 43 heavy (non-hydrogen) atoms. The van der Waals surface area contributed by atoms with Gasteiger partial charge in [0.1, 0.15) is 6.61 Å². The second-order valence-corrected chi connectivity index (χ2v) is 11.1. The highest BCUT2D eigenvalue weighted by molar-refractivity contribution is 5.70. The summed E-state index contributed by atoms with van der Waals surface area (Å²) in [6.07, 6.45) is -0.935. The van der Waals surface area contributed by atoms with Gasteiger partial charge in [0, 0.05) is 57.8 Å². The maximum Gasteiger partial charge on any atom is 0.421 e. The normalized spacial score (nSPS) is 17.9. The van der Waals surface area contributed by atoms with Crippen LogP contribution in [0, 0.1) is 6.92 Å². The van der Waals surface area contributed by atoms with Gasteiger partial charge in [-0.15, -0.1) is 0 Å². The van der Waals surface area contributed by atoms with Gasteiger partial charge in [0.25, 0.3) is 0 Å². The molecule has 232 valence electrons. The monoisotopic (exact) mass is 599 g/mol. The second kappa shape index (κ2) is 14.4. The highest BCUT2D eigenvalue weighted by atomic mass is 19.4. The minimum absolute atomic E-state index is 0.0378. The van der Waals surface area contributed by atoms with Crippen LogP contribution >= 0.6 is 0 Å². The van der Waals surface area contributed by atoms with Crippen LogP contribution in [-0.2, 0) is 33.0 Å². The van der Waals surface area contributed by atoms with E-state index < -0.39 is 11.8 Å². The number of benzene rings is 2. The van der Waals surface area contributed by atoms with Crippen molar-refractivity contribution in [2.75, 3.05) is 39.5 Å². The average molecular weight is 600 g/mol. The predicted molar refractivity (Wildman–Crippen MR) is 158 cm³/mol. The van der Waals surface area contributed by atoms with Crippen LogP contribution in [0.25, 0.3) is 11.1 Å². The molecule has 2 aromatic carbocycles. The molecule has 1 saturated heterocycles. The number of carbonyl (C=O) groups is 1. The number of piperazine rings is 1. The first-order chi connectivity index (χ1) is 20.5. The molecule has 3 aromatic rings. The Labute approximate surface area is 251 Å². The summed E-state index contributed by atoms with van der Waals surface area (Å²) < 4.78 is 50.5. The first-order valence-corrected chi connectivity index (χ1v) is 14.6. The van der Waals surface area contributed by atoms with E-state index in [1.807, 2.05) is 38.1 Å². The Kier molecular flexibility index (Phi) is 10.9. The summed E-state index contributed by atoms with van der Waals surface area (Å²) in [6, 6.07) is 15.9. The molecule has 0 radical (unpaired) electrons. The number of pyridine rings is 1. The Hall–Kier alpha value is -3.31. The minimum Gasteiger partial charge on any atom is -0.463 e. The van der Waals surface area contributed by atoms with Gasteiger partial charge in [-0.2, -0.15) is 13.2 Å². The summed E-state index contributed by atoms with van der Waals surface area (Å²) in [7, 11) is 0. The first kappa shape index (κ1) is 32.6. The molecular formula is C33H40F3N3O4. The van der Waals surface area contributed by atoms with E-state index in [4.69, 9.17) is 9.47 Å². The highest BCUT2D eigenvalue weighted by Crippen LogP contribution is 2.39. The van der Waals surface area contributed by atoms with E-state index in [0.717, 1.165) is 48.8 Å². The standard InChI is InChI=1S/C33H40F3N3O4/c1-4-42-17-18-43-31(40)20-29-23-38(21-25-11-13-37-14-12-25)15-16-39(29)22-26-5-10-30(24(2)19-26)27-6-8-28(9-7-27)32(3,41)33(34,35)36/h5-14,19,29,41H,4,15-18,20-23H2,1-3H3/t29-,32?/m0/s1. The van der Waals surface area contributed by atoms with E-state index in [9.17, 15) is 23.1 Å². The van der Waals surface area contributed by atoms with E-state index in [1.165, 1.54) is 17.7 Å². The molecule has 0 amide bonds. The van der Waals surface area contributed by atoms with Gasteiger partial charge in [-0.1, -0.05) is 42.5 Å². The molecule has 10 heteroatoms. The summed E-state index contributed by atoms with van der Waals surface area (Å²) >= 11 is 0. The molecular weight excluding hydrogens is 559 g/mol. The zero-order chi connectivity index (χ0) is 31.0. The summed E-state index contributed by atoms with van der Waals surface area (Å²) in [5, 5.41) is 9.99. The fourth-order valence-electron chi connectivity index (χ4n) is 5.38. The van der Waals surface area contributed by atoms with Crippen molar-refractivity contribution in [2.24, 2.45) is 0 Å². The van der Waals surface area contributed by atoms with Gasteiger partial charge < -0.3 is 14.6 Å². The molecule has 1 unspecified atom stereocenters. The lowest BCUT2D eigenvalue weighted by atomic mass is 9.92. The van der Waals surface area contributed by atoms with Crippen LogP contribution < -0.4 is 0 Å². The number of aromatic nitrogens is 1. The number of hydrogen-bond donors (Lipinski definition) is 1. The van der Waals surface area contributed by atoms with E-state index in [-0.39, 0.29) is 30.6 Å². The molecule has 7 nitrogen and oxygen atoms in total. The van der Waals surface area contributed by atoms with Crippen molar-refractivity contribution in [3.05, 3.63) is 89.2 Å². The molecule has 0 spiro atoms. The zero-order valence-electron chi connectivity index (χ0n) is 24.9. The number of ether oxygens (including phenoxy) is 2. The molecule has 0 saturated carbocycles. The number of nitrogens with zero attached hydrogens (tertiary/aromatic N) is 3. The SMILES string of the molecule is CCOCCOC(=O)C[C@H]1CN(Cc2ccncc2)CCN1Cc1ccc(-c2ccc(C(C)(O)C(F)(F)F)cc2)c(C)c1. The maximum atomic E-state index is 13.3. The third kappa shape index (κ3) is 8.63. The van der Waals surface area contributed by atoms with Crippen LogP contribution in [0.3, 0.4) is 0 Å². The summed E-state index contributed by atoms with van der Waals surface area (Å²) in [6.45, 7) is 9.57. The topological polar surface area (TPSA) is 75.1 Å². The lowest BCUT2D eigenvalue weighted by molar-refractivity contribution is -0.258. The summed E-state index contributed by atoms with van der Waals surface area (Å²) in [4.78, 5) is 21.5. The number of halogens is 3. The van der Waals surface area contributed by atoms with Crippen LogP contribution in [-0.4, -0.2) is 77.5 Å². The van der Waals surface area contributed by atoms with E-state index in [0.29, 0.717) is 26.3 Å². The van der Waals surface area contributed by atoms with Gasteiger partial charge in [-0.3, -0.25) is 19.6 Å². The molecule has 2 heterocycles. The van der Waals surface area contributed by atoms with Crippen molar-refractivity contribution in [3.63, 3.8) is 0 Å². The number of aryl methyl sites for hydroxylation is 1. The molecule has 1 fully saturated rings. The summed E-state index contributed by atoms with van der Waals surface area (Å²) in [5.41, 5.74) is 1.78. The maximum absolute atomic E-state index is 13.3. The molecule has 1 aliphatic rings. The largest absolute Gasteiger partial charge is 0.463 e. The van der Waals surface area contributed by atoms with Gasteiger partial charge in [0.2, 0.25) is 0 Å². The van der Waals surface area contributed by atoms with Gasteiger partial charge in [-0.05, 0) is 66.3 Å². The van der Waals surface area contributed by atoms with Crippen LogP contribution in [0.1, 0.15) is 42.5 Å². The van der Waals surface area contributed by atoms with Crippen LogP contribution in [0.4, 0.5) is 13.2 Å². The van der Waals surface area contributed by atoms with Crippen molar-refractivity contribution in [1.82, 2.24) is 14.8 Å². The quantitative estimate of drug-likeness (QED) is 0.218. The Morgan fingerprint density at radius 2 is 1.72 bits per heavy atom. The molecule has 1 aromatic heterocycles. The fraction of sp³-hybridized carbons (Fsp3) is 0.455. The Morgan fingerprint density at radius 1 is 1.00 bits per heavy atom. The van der Waals surface area contributed by atoms with Crippen molar-refractivity contribution in [2.45, 2.75) is 58.1 Å². The zero-order valence-corrected chi connectivity index (χ0v) is 24.9. The highest BCUT2D eigenvalue weighted by Gasteiger charge is 2.51. The number of esters is 1. The average Bonchev–Trinajstić information content (AvgIpc) is 2.97. The number of alkyl halides is 3. The van der Waals surface area contributed by atoms with Crippen LogP contribution in [0.5, 0.6) is 0 Å². The Bertz CT molecular complexity index is 1330. The second-order valence-electron chi connectivity index (χ2n) is 11.1. The molecule has 2 atom stereocenters. The fourth-order valence-corrected chi connectivity index (χ4v) is 5.38. The molecule has 1 aliphatic heterocycles. The van der Waals surface area contributed by atoms with Gasteiger partial charge in [-0.25, -0.2) is 0 Å². The third-order valence-electron chi connectivity index (χ3n) is 7.93. The number of aliphatic hydroxyl groups is 1. The third-order valence-corrected chi connectivity index (χ3v) is 7.93. The number of carbonyl (C=O) groups excluding carboxylic acids is 1. The Morgan fingerprint density at radius 3 is 2.37 bits per heavy atom. The van der Waals surface area contributed by atoms with Gasteiger partial charge in [0.05, 0.1) is 13.0 Å². The van der Waals surface area contributed by atoms with Gasteiger partial charge in [0.15, 0.2) is 5.60 Å². The van der Waals surface area contributed by atoms with Crippen molar-refractivity contribution < 1.29 is 32.5 Å². The minimum atomic E-state index is -4.77.